The van der Waals surface area contributed by atoms with Gasteiger partial charge >= 0.3 is 0 Å². The fourth-order valence-electron chi connectivity index (χ4n) is 3.29. The second-order valence-corrected chi connectivity index (χ2v) is 7.83. The number of para-hydroxylation sites is 1. The van der Waals surface area contributed by atoms with Crippen LogP contribution in [0.5, 0.6) is 0 Å². The minimum absolute atomic E-state index is 1.02. The smallest absolute Gasteiger partial charge is 0.0367 e. The average molecular weight is 367 g/mol. The molecule has 25 heavy (non-hydrogen) atoms. The van der Waals surface area contributed by atoms with E-state index in [1.54, 1.807) is 22.7 Å². The van der Waals surface area contributed by atoms with Gasteiger partial charge in [-0.1, -0.05) is 24.3 Å². The molecule has 2 nitrogen and oxygen atoms in total. The predicted octanol–water partition coefficient (Wildman–Crippen LogP) is 5.06. The van der Waals surface area contributed by atoms with Gasteiger partial charge in [-0.3, -0.25) is 4.90 Å². The standard InChI is InChI=1S/C21H22N2S2/c1-2-4-20(5-3-1)23-12-10-22(11-13-23)9-6-21(18-7-14-24-16-18)19-8-15-25-17-19/h1-8,14-17H,9-13H2. The highest BCUT2D eigenvalue weighted by atomic mass is 32.1. The van der Waals surface area contributed by atoms with Gasteiger partial charge in [0.05, 0.1) is 0 Å². The fourth-order valence-corrected chi connectivity index (χ4v) is 4.60. The van der Waals surface area contributed by atoms with E-state index < -0.39 is 0 Å². The number of rotatable bonds is 5. The van der Waals surface area contributed by atoms with E-state index in [-0.39, 0.29) is 0 Å². The molecule has 128 valence electrons. The number of hydrogen-bond donors (Lipinski definition) is 0. The molecule has 0 aliphatic carbocycles. The maximum atomic E-state index is 2.55. The summed E-state index contributed by atoms with van der Waals surface area (Å²) in [6, 6.07) is 15.2. The van der Waals surface area contributed by atoms with E-state index in [1.807, 2.05) is 0 Å². The van der Waals surface area contributed by atoms with Crippen molar-refractivity contribution in [1.29, 1.82) is 0 Å². The Morgan fingerprint density at radius 3 is 2.04 bits per heavy atom. The van der Waals surface area contributed by atoms with Gasteiger partial charge in [-0.25, -0.2) is 0 Å². The summed E-state index contributed by atoms with van der Waals surface area (Å²) in [5, 5.41) is 8.82. The Morgan fingerprint density at radius 1 is 0.840 bits per heavy atom. The Bertz CT molecular complexity index is 748. The van der Waals surface area contributed by atoms with Crippen LogP contribution >= 0.6 is 22.7 Å². The molecular formula is C21H22N2S2. The van der Waals surface area contributed by atoms with Crippen LogP contribution in [0.25, 0.3) is 5.57 Å². The van der Waals surface area contributed by atoms with Gasteiger partial charge < -0.3 is 4.90 Å². The summed E-state index contributed by atoms with van der Waals surface area (Å²) in [5.74, 6) is 0. The van der Waals surface area contributed by atoms with Gasteiger partial charge in [-0.15, -0.1) is 0 Å². The molecule has 3 heterocycles. The van der Waals surface area contributed by atoms with Crippen LogP contribution in [0.2, 0.25) is 0 Å². The third kappa shape index (κ3) is 4.03. The first kappa shape index (κ1) is 16.6. The summed E-state index contributed by atoms with van der Waals surface area (Å²) in [5.41, 5.74) is 5.39. The van der Waals surface area contributed by atoms with Gasteiger partial charge in [0.1, 0.15) is 0 Å². The molecule has 0 amide bonds. The fraction of sp³-hybridized carbons (Fsp3) is 0.238. The first-order valence-corrected chi connectivity index (χ1v) is 10.6. The van der Waals surface area contributed by atoms with Gasteiger partial charge in [0, 0.05) is 38.4 Å². The van der Waals surface area contributed by atoms with Crippen LogP contribution in [0.3, 0.4) is 0 Å². The first-order chi connectivity index (χ1) is 12.4. The molecule has 3 aromatic rings. The Hall–Kier alpha value is -1.88. The summed E-state index contributed by atoms with van der Waals surface area (Å²) in [7, 11) is 0. The molecule has 4 rings (SSSR count). The lowest BCUT2D eigenvalue weighted by Crippen LogP contribution is -2.46. The van der Waals surface area contributed by atoms with E-state index >= 15 is 0 Å². The lowest BCUT2D eigenvalue weighted by atomic mass is 10.0. The summed E-state index contributed by atoms with van der Waals surface area (Å²) < 4.78 is 0. The number of thiophene rings is 2. The van der Waals surface area contributed by atoms with Gasteiger partial charge in [0.25, 0.3) is 0 Å². The zero-order valence-corrected chi connectivity index (χ0v) is 15.8. The Morgan fingerprint density at radius 2 is 1.48 bits per heavy atom. The summed E-state index contributed by atoms with van der Waals surface area (Å²) in [4.78, 5) is 5.04. The number of hydrogen-bond acceptors (Lipinski definition) is 4. The zero-order chi connectivity index (χ0) is 16.9. The molecule has 1 saturated heterocycles. The second-order valence-electron chi connectivity index (χ2n) is 6.27. The molecular weight excluding hydrogens is 344 g/mol. The molecule has 1 fully saturated rings. The zero-order valence-electron chi connectivity index (χ0n) is 14.2. The van der Waals surface area contributed by atoms with E-state index in [0.717, 1.165) is 32.7 Å². The molecule has 0 radical (unpaired) electrons. The van der Waals surface area contributed by atoms with Crippen LogP contribution in [0.4, 0.5) is 5.69 Å². The van der Waals surface area contributed by atoms with E-state index in [9.17, 15) is 0 Å². The highest BCUT2D eigenvalue weighted by Gasteiger charge is 2.16. The van der Waals surface area contributed by atoms with Crippen molar-refractivity contribution >= 4 is 33.9 Å². The van der Waals surface area contributed by atoms with Crippen molar-refractivity contribution in [2.45, 2.75) is 0 Å². The maximum absolute atomic E-state index is 2.55. The quantitative estimate of drug-likeness (QED) is 0.622. The van der Waals surface area contributed by atoms with Crippen LogP contribution in [0.15, 0.2) is 70.1 Å². The van der Waals surface area contributed by atoms with Crippen molar-refractivity contribution in [3.8, 4) is 0 Å². The van der Waals surface area contributed by atoms with Crippen molar-refractivity contribution in [3.05, 3.63) is 81.2 Å². The second kappa shape index (κ2) is 8.00. The molecule has 0 unspecified atom stereocenters. The third-order valence-electron chi connectivity index (χ3n) is 4.71. The van der Waals surface area contributed by atoms with Crippen LogP contribution in [-0.4, -0.2) is 37.6 Å². The minimum atomic E-state index is 1.02. The van der Waals surface area contributed by atoms with Crippen molar-refractivity contribution in [2.24, 2.45) is 0 Å². The number of anilines is 1. The molecule has 0 N–H and O–H groups in total. The van der Waals surface area contributed by atoms with Crippen molar-refractivity contribution in [1.82, 2.24) is 4.90 Å². The highest BCUT2D eigenvalue weighted by molar-refractivity contribution is 7.08. The van der Waals surface area contributed by atoms with E-state index in [1.165, 1.54) is 22.4 Å². The lowest BCUT2D eigenvalue weighted by Gasteiger charge is -2.35. The topological polar surface area (TPSA) is 6.48 Å². The lowest BCUT2D eigenvalue weighted by molar-refractivity contribution is 0.284. The largest absolute Gasteiger partial charge is 0.369 e. The monoisotopic (exact) mass is 366 g/mol. The van der Waals surface area contributed by atoms with E-state index in [4.69, 9.17) is 0 Å². The van der Waals surface area contributed by atoms with Crippen LogP contribution in [-0.2, 0) is 0 Å². The summed E-state index contributed by atoms with van der Waals surface area (Å²) in [6.07, 6.45) is 2.41. The number of piperazine rings is 1. The molecule has 0 saturated carbocycles. The highest BCUT2D eigenvalue weighted by Crippen LogP contribution is 2.27. The average Bonchev–Trinajstić information content (AvgIpc) is 3.38. The van der Waals surface area contributed by atoms with Crippen molar-refractivity contribution in [3.63, 3.8) is 0 Å². The van der Waals surface area contributed by atoms with Gasteiger partial charge in [-0.2, -0.15) is 22.7 Å². The summed E-state index contributed by atoms with van der Waals surface area (Å²) >= 11 is 3.53. The first-order valence-electron chi connectivity index (χ1n) is 8.68. The Labute approximate surface area is 157 Å². The van der Waals surface area contributed by atoms with Crippen molar-refractivity contribution in [2.75, 3.05) is 37.6 Å². The normalized spacial score (nSPS) is 15.3. The minimum Gasteiger partial charge on any atom is -0.369 e. The molecule has 0 spiro atoms. The Balaban J connectivity index is 1.41. The van der Waals surface area contributed by atoms with Gasteiger partial charge in [-0.05, 0) is 62.5 Å². The Kier molecular flexibility index (Phi) is 5.31. The van der Waals surface area contributed by atoms with Crippen LogP contribution in [0.1, 0.15) is 11.1 Å². The molecule has 1 aliphatic heterocycles. The summed E-state index contributed by atoms with van der Waals surface area (Å²) in [6.45, 7) is 5.45. The molecule has 2 aromatic heterocycles. The number of benzene rings is 1. The molecule has 0 atom stereocenters. The van der Waals surface area contributed by atoms with Crippen LogP contribution < -0.4 is 4.90 Å². The maximum Gasteiger partial charge on any atom is 0.0367 e. The SMILES string of the molecule is C(CN1CCN(c2ccccc2)CC1)=C(c1ccsc1)c1ccsc1. The van der Waals surface area contributed by atoms with Crippen LogP contribution in [0, 0.1) is 0 Å². The predicted molar refractivity (Wildman–Crippen MR) is 111 cm³/mol. The third-order valence-corrected chi connectivity index (χ3v) is 6.08. The van der Waals surface area contributed by atoms with E-state index in [0.29, 0.717) is 0 Å². The molecule has 1 aromatic carbocycles. The molecule has 0 bridgehead atoms. The number of nitrogens with zero attached hydrogens (tertiary/aromatic N) is 2. The van der Waals surface area contributed by atoms with Gasteiger partial charge in [0.2, 0.25) is 0 Å². The molecule has 1 aliphatic rings. The van der Waals surface area contributed by atoms with Crippen molar-refractivity contribution < 1.29 is 0 Å². The van der Waals surface area contributed by atoms with E-state index in [2.05, 4.69) is 79.9 Å². The van der Waals surface area contributed by atoms with Gasteiger partial charge in [0.15, 0.2) is 0 Å². The molecule has 4 heteroatoms.